The molecule has 0 aromatic heterocycles. The quantitative estimate of drug-likeness (QED) is 0.276. The molecular formula is C15H17NO7. The van der Waals surface area contributed by atoms with Crippen LogP contribution in [0.2, 0.25) is 0 Å². The van der Waals surface area contributed by atoms with Crippen molar-refractivity contribution in [2.45, 2.75) is 24.5 Å². The van der Waals surface area contributed by atoms with Crippen molar-refractivity contribution in [3.05, 3.63) is 47.6 Å². The first kappa shape index (κ1) is 17.0. The molecule has 0 saturated carbocycles. The molecule has 0 heterocycles. The van der Waals surface area contributed by atoms with E-state index in [0.717, 1.165) is 12.2 Å². The summed E-state index contributed by atoms with van der Waals surface area (Å²) in [7, 11) is 0. The molecule has 0 radical (unpaired) electrons. The van der Waals surface area contributed by atoms with Gasteiger partial charge in [0.2, 0.25) is 17.5 Å². The van der Waals surface area contributed by atoms with Crippen LogP contribution in [0.4, 0.5) is 0 Å². The average molecular weight is 323 g/mol. The minimum atomic E-state index is -2.89. The van der Waals surface area contributed by atoms with E-state index >= 15 is 0 Å². The Balaban J connectivity index is 1.94. The number of allylic oxidation sites excluding steroid dienone is 1. The lowest BCUT2D eigenvalue weighted by molar-refractivity contribution is -0.308. The number of aromatic hydroxyl groups is 2. The van der Waals surface area contributed by atoms with Gasteiger partial charge in [-0.2, -0.15) is 0 Å². The van der Waals surface area contributed by atoms with Crippen molar-refractivity contribution in [2.24, 2.45) is 0 Å². The minimum absolute atomic E-state index is 0.0942. The fraction of sp³-hybridized carbons (Fsp3) is 0.267. The van der Waals surface area contributed by atoms with Crippen LogP contribution < -0.4 is 5.32 Å². The molecule has 0 saturated heterocycles. The predicted molar refractivity (Wildman–Crippen MR) is 77.8 cm³/mol. The van der Waals surface area contributed by atoms with Crippen LogP contribution >= 0.6 is 0 Å². The van der Waals surface area contributed by atoms with E-state index < -0.39 is 17.5 Å². The third-order valence-corrected chi connectivity index (χ3v) is 3.35. The summed E-state index contributed by atoms with van der Waals surface area (Å²) in [5.74, 6) is -6.73. The van der Waals surface area contributed by atoms with Gasteiger partial charge in [-0.25, -0.2) is 0 Å². The molecule has 8 heteroatoms. The number of benzene rings is 1. The lowest BCUT2D eigenvalue weighted by atomic mass is 9.94. The Kier molecular flexibility index (Phi) is 4.44. The van der Waals surface area contributed by atoms with Gasteiger partial charge in [0.25, 0.3) is 0 Å². The van der Waals surface area contributed by atoms with E-state index in [0.29, 0.717) is 5.56 Å². The fourth-order valence-corrected chi connectivity index (χ4v) is 2.00. The predicted octanol–water partition coefficient (Wildman–Crippen LogP) is -1.04. The molecule has 1 amide bonds. The molecule has 23 heavy (non-hydrogen) atoms. The SMILES string of the molecule is O=C(CC1=CC(O)(O)C(O)(O)C=C1)NCc1ccc(O)c(O)c1. The standard InChI is InChI=1S/C15H17NO7/c17-11-2-1-10(5-12(11)18)8-16-13(19)6-9-3-4-14(20,21)15(22,23)7-9/h1-5,7,17-18,20-23H,6,8H2,(H,16,19). The summed E-state index contributed by atoms with van der Waals surface area (Å²) in [5.41, 5.74) is 0.755. The maximum Gasteiger partial charge on any atom is 0.243 e. The van der Waals surface area contributed by atoms with Gasteiger partial charge in [0.05, 0.1) is 6.42 Å². The first-order chi connectivity index (χ1) is 10.6. The Morgan fingerprint density at radius 1 is 1.04 bits per heavy atom. The maximum atomic E-state index is 11.8. The van der Waals surface area contributed by atoms with Gasteiger partial charge in [-0.1, -0.05) is 12.1 Å². The number of amides is 1. The van der Waals surface area contributed by atoms with Crippen LogP contribution in [0.25, 0.3) is 0 Å². The second-order valence-corrected chi connectivity index (χ2v) is 5.28. The molecule has 0 unspecified atom stereocenters. The Bertz CT molecular complexity index is 676. The summed E-state index contributed by atoms with van der Waals surface area (Å²) in [6.45, 7) is 0.0942. The van der Waals surface area contributed by atoms with Gasteiger partial charge in [0.1, 0.15) is 0 Å². The maximum absolute atomic E-state index is 11.8. The molecule has 0 atom stereocenters. The summed E-state index contributed by atoms with van der Waals surface area (Å²) in [5, 5.41) is 58.7. The molecule has 1 aliphatic carbocycles. The van der Waals surface area contributed by atoms with Crippen LogP contribution in [0, 0.1) is 0 Å². The number of hydrogen-bond acceptors (Lipinski definition) is 7. The van der Waals surface area contributed by atoms with Crippen LogP contribution in [0.1, 0.15) is 12.0 Å². The average Bonchev–Trinajstić information content (AvgIpc) is 2.44. The largest absolute Gasteiger partial charge is 0.504 e. The molecule has 0 fully saturated rings. The van der Waals surface area contributed by atoms with Crippen molar-refractivity contribution >= 4 is 5.91 Å². The number of rotatable bonds is 4. The number of aliphatic hydroxyl groups is 4. The third-order valence-electron chi connectivity index (χ3n) is 3.35. The first-order valence-electron chi connectivity index (χ1n) is 6.69. The highest BCUT2D eigenvalue weighted by molar-refractivity contribution is 5.79. The van der Waals surface area contributed by atoms with E-state index in [4.69, 9.17) is 0 Å². The number of phenols is 2. The molecule has 1 aromatic rings. The highest BCUT2D eigenvalue weighted by Crippen LogP contribution is 2.28. The molecule has 2 rings (SSSR count). The Labute approximate surface area is 131 Å². The fourth-order valence-electron chi connectivity index (χ4n) is 2.00. The van der Waals surface area contributed by atoms with Crippen LogP contribution in [0.15, 0.2) is 42.0 Å². The second kappa shape index (κ2) is 6.01. The monoisotopic (exact) mass is 323 g/mol. The number of hydrogen-bond donors (Lipinski definition) is 7. The first-order valence-corrected chi connectivity index (χ1v) is 6.69. The van der Waals surface area contributed by atoms with Gasteiger partial charge in [0, 0.05) is 6.54 Å². The van der Waals surface area contributed by atoms with Gasteiger partial charge in [0.15, 0.2) is 11.5 Å². The molecule has 0 spiro atoms. The smallest absolute Gasteiger partial charge is 0.243 e. The Morgan fingerprint density at radius 3 is 2.35 bits per heavy atom. The van der Waals surface area contributed by atoms with Crippen LogP contribution in [0.5, 0.6) is 11.5 Å². The number of phenolic OH excluding ortho intramolecular Hbond substituents is 2. The van der Waals surface area contributed by atoms with E-state index in [1.165, 1.54) is 24.3 Å². The van der Waals surface area contributed by atoms with Crippen molar-refractivity contribution in [3.8, 4) is 11.5 Å². The van der Waals surface area contributed by atoms with Crippen LogP contribution in [0.3, 0.4) is 0 Å². The lowest BCUT2D eigenvalue weighted by Gasteiger charge is -2.33. The summed E-state index contributed by atoms with van der Waals surface area (Å²) in [6.07, 6.45) is 2.54. The third kappa shape index (κ3) is 3.88. The van der Waals surface area contributed by atoms with Crippen molar-refractivity contribution in [1.82, 2.24) is 5.32 Å². The van der Waals surface area contributed by atoms with E-state index in [1.54, 1.807) is 0 Å². The summed E-state index contributed by atoms with van der Waals surface area (Å²) < 4.78 is 0. The Hall–Kier alpha value is -2.39. The summed E-state index contributed by atoms with van der Waals surface area (Å²) in [4.78, 5) is 11.8. The van der Waals surface area contributed by atoms with Crippen LogP contribution in [-0.4, -0.2) is 48.1 Å². The van der Waals surface area contributed by atoms with Gasteiger partial charge >= 0.3 is 0 Å². The highest BCUT2D eigenvalue weighted by atomic mass is 16.6. The van der Waals surface area contributed by atoms with Crippen molar-refractivity contribution in [3.63, 3.8) is 0 Å². The molecule has 1 aromatic carbocycles. The number of carbonyl (C=O) groups excluding carboxylic acids is 1. The van der Waals surface area contributed by atoms with Crippen molar-refractivity contribution in [2.75, 3.05) is 0 Å². The zero-order valence-corrected chi connectivity index (χ0v) is 12.0. The van der Waals surface area contributed by atoms with E-state index in [2.05, 4.69) is 5.32 Å². The zero-order valence-electron chi connectivity index (χ0n) is 12.0. The molecule has 7 N–H and O–H groups in total. The second-order valence-electron chi connectivity index (χ2n) is 5.28. The van der Waals surface area contributed by atoms with E-state index in [1.807, 2.05) is 0 Å². The Morgan fingerprint density at radius 2 is 1.74 bits per heavy atom. The van der Waals surface area contributed by atoms with E-state index in [-0.39, 0.29) is 30.0 Å². The highest BCUT2D eigenvalue weighted by Gasteiger charge is 2.45. The molecule has 8 nitrogen and oxygen atoms in total. The molecule has 0 bridgehead atoms. The van der Waals surface area contributed by atoms with E-state index in [9.17, 15) is 35.4 Å². The summed E-state index contributed by atoms with van der Waals surface area (Å²) >= 11 is 0. The van der Waals surface area contributed by atoms with Crippen molar-refractivity contribution in [1.29, 1.82) is 0 Å². The molecular weight excluding hydrogens is 306 g/mol. The summed E-state index contributed by atoms with van der Waals surface area (Å²) in [6, 6.07) is 4.11. The van der Waals surface area contributed by atoms with Gasteiger partial charge in [-0.15, -0.1) is 0 Å². The molecule has 1 aliphatic rings. The number of nitrogens with one attached hydrogen (secondary N) is 1. The minimum Gasteiger partial charge on any atom is -0.504 e. The van der Waals surface area contributed by atoms with Gasteiger partial charge in [-0.05, 0) is 35.4 Å². The van der Waals surface area contributed by atoms with Gasteiger partial charge in [-0.3, -0.25) is 4.79 Å². The van der Waals surface area contributed by atoms with Gasteiger partial charge < -0.3 is 36.0 Å². The van der Waals surface area contributed by atoms with Crippen LogP contribution in [-0.2, 0) is 11.3 Å². The normalized spacial score (nSPS) is 18.3. The molecule has 0 aliphatic heterocycles. The molecule has 124 valence electrons. The van der Waals surface area contributed by atoms with Crippen molar-refractivity contribution < 1.29 is 35.4 Å². The number of carbonyl (C=O) groups is 1. The zero-order chi connectivity index (χ0) is 17.3. The lowest BCUT2D eigenvalue weighted by Crippen LogP contribution is -2.53. The topological polar surface area (TPSA) is 150 Å².